The van der Waals surface area contributed by atoms with Crippen LogP contribution in [0.25, 0.3) is 87.5 Å². The first-order chi connectivity index (χ1) is 25.2. The molecule has 0 bridgehead atoms. The third kappa shape index (κ3) is 4.99. The van der Waals surface area contributed by atoms with Crippen LogP contribution in [0.4, 0.5) is 0 Å². The molecular weight excluding hydrogens is 617 g/mol. The molecule has 0 saturated carbocycles. The van der Waals surface area contributed by atoms with Crippen molar-refractivity contribution in [3.63, 3.8) is 0 Å². The fraction of sp³-hybridized carbons (Fsp3) is 0.0408. The van der Waals surface area contributed by atoms with E-state index in [1.54, 1.807) is 0 Å². The van der Waals surface area contributed by atoms with Gasteiger partial charge in [-0.15, -0.1) is 0 Å². The first kappa shape index (κ1) is 29.4. The monoisotopic (exact) mass is 650 g/mol. The Bertz CT molecular complexity index is 2910. The van der Waals surface area contributed by atoms with Crippen LogP contribution < -0.4 is 5.32 Å². The third-order valence-electron chi connectivity index (χ3n) is 10.6. The molecule has 240 valence electrons. The van der Waals surface area contributed by atoms with Gasteiger partial charge < -0.3 is 5.32 Å². The highest BCUT2D eigenvalue weighted by atomic mass is 14.9. The topological polar surface area (TPSA) is 24.9 Å². The lowest BCUT2D eigenvalue weighted by atomic mass is 9.83. The van der Waals surface area contributed by atoms with E-state index in [4.69, 9.17) is 4.98 Å². The molecule has 51 heavy (non-hydrogen) atoms. The zero-order valence-electron chi connectivity index (χ0n) is 28.3. The summed E-state index contributed by atoms with van der Waals surface area (Å²) in [5.74, 6) is 0. The van der Waals surface area contributed by atoms with Gasteiger partial charge in [-0.3, -0.25) is 4.98 Å². The maximum absolute atomic E-state index is 4.72. The Labute approximate surface area is 297 Å². The van der Waals surface area contributed by atoms with E-state index in [1.807, 2.05) is 12.3 Å². The normalized spacial score (nSPS) is 14.6. The van der Waals surface area contributed by atoms with E-state index < -0.39 is 0 Å². The molecule has 1 unspecified atom stereocenters. The second-order valence-corrected chi connectivity index (χ2v) is 13.7. The first-order valence-electron chi connectivity index (χ1n) is 17.7. The molecule has 1 aliphatic heterocycles. The number of hydrogen-bond acceptors (Lipinski definition) is 2. The molecule has 1 aliphatic rings. The molecule has 0 aliphatic carbocycles. The SMILES string of the molecule is CC1NC(c2cnc3ccccc3c2)=CC=C1c1ccc2c(-c3ccc4ccccc4c3)c3ccccc3c(-c3ccc4ccccc4c3)c2c1. The summed E-state index contributed by atoms with van der Waals surface area (Å²) in [5, 5.41) is 15.0. The minimum absolute atomic E-state index is 0.110. The summed E-state index contributed by atoms with van der Waals surface area (Å²) in [5.41, 5.74) is 10.7. The zero-order chi connectivity index (χ0) is 33.9. The summed E-state index contributed by atoms with van der Waals surface area (Å²) in [4.78, 5) is 4.72. The number of pyridine rings is 1. The minimum atomic E-state index is 0.110. The van der Waals surface area contributed by atoms with E-state index in [1.165, 1.54) is 76.5 Å². The van der Waals surface area contributed by atoms with Gasteiger partial charge in [0.15, 0.2) is 0 Å². The lowest BCUT2D eigenvalue weighted by Crippen LogP contribution is -2.28. The summed E-state index contributed by atoms with van der Waals surface area (Å²) in [7, 11) is 0. The van der Waals surface area contributed by atoms with E-state index in [9.17, 15) is 0 Å². The Morgan fingerprint density at radius 3 is 1.63 bits per heavy atom. The summed E-state index contributed by atoms with van der Waals surface area (Å²) in [6, 6.07) is 57.7. The lowest BCUT2D eigenvalue weighted by molar-refractivity contribution is 0.796. The number of nitrogens with one attached hydrogen (secondary N) is 1. The average Bonchev–Trinajstić information content (AvgIpc) is 3.19. The maximum Gasteiger partial charge on any atom is 0.0702 e. The molecule has 2 nitrogen and oxygen atoms in total. The Balaban J connectivity index is 1.21. The maximum atomic E-state index is 4.72. The first-order valence-corrected chi connectivity index (χ1v) is 17.7. The summed E-state index contributed by atoms with van der Waals surface area (Å²) < 4.78 is 0. The number of rotatable bonds is 4. The van der Waals surface area contributed by atoms with Gasteiger partial charge in [0.25, 0.3) is 0 Å². The van der Waals surface area contributed by atoms with Crippen molar-refractivity contribution in [2.24, 2.45) is 0 Å². The molecular formula is C49H34N2. The van der Waals surface area contributed by atoms with Crippen molar-refractivity contribution < 1.29 is 0 Å². The van der Waals surface area contributed by atoms with Crippen molar-refractivity contribution in [2.75, 3.05) is 0 Å². The predicted octanol–water partition coefficient (Wildman–Crippen LogP) is 12.6. The minimum Gasteiger partial charge on any atom is -0.378 e. The molecule has 9 aromatic rings. The second kappa shape index (κ2) is 11.8. The smallest absolute Gasteiger partial charge is 0.0702 e. The van der Waals surface area contributed by atoms with Gasteiger partial charge in [-0.25, -0.2) is 0 Å². The Kier molecular flexibility index (Phi) is 6.82. The van der Waals surface area contributed by atoms with E-state index in [0.29, 0.717) is 0 Å². The van der Waals surface area contributed by atoms with Gasteiger partial charge in [0, 0.05) is 28.9 Å². The summed E-state index contributed by atoms with van der Waals surface area (Å²) >= 11 is 0. The molecule has 0 radical (unpaired) electrons. The van der Waals surface area contributed by atoms with Crippen LogP contribution in [-0.2, 0) is 0 Å². The average molecular weight is 651 g/mol. The van der Waals surface area contributed by atoms with Gasteiger partial charge in [0.1, 0.15) is 0 Å². The highest BCUT2D eigenvalue weighted by Gasteiger charge is 2.21. The Morgan fingerprint density at radius 1 is 0.431 bits per heavy atom. The molecule has 2 heteroatoms. The standard InChI is InChI=1S/C49H34N2/c1-31-41(24-25-47(51-31)40-28-37-14-6-9-17-46(37)50-30-40)36-22-23-44-45(29-36)49(39-21-19-33-11-3-5-13-35(33)27-39)43-16-8-7-15-42(43)48(44)38-20-18-32-10-2-4-12-34(32)26-38/h2-31,51H,1H3. The van der Waals surface area contributed by atoms with Crippen molar-refractivity contribution in [3.05, 3.63) is 187 Å². The Hall–Kier alpha value is -6.51. The summed E-state index contributed by atoms with van der Waals surface area (Å²) in [6.45, 7) is 2.25. The predicted molar refractivity (Wildman–Crippen MR) is 218 cm³/mol. The molecule has 8 aromatic carbocycles. The van der Waals surface area contributed by atoms with Crippen LogP contribution in [0.5, 0.6) is 0 Å². The molecule has 0 amide bonds. The summed E-state index contributed by atoms with van der Waals surface area (Å²) in [6.07, 6.45) is 6.46. The fourth-order valence-corrected chi connectivity index (χ4v) is 8.09. The number of nitrogens with zero attached hydrogens (tertiary/aromatic N) is 1. The third-order valence-corrected chi connectivity index (χ3v) is 10.6. The number of para-hydroxylation sites is 1. The molecule has 10 rings (SSSR count). The van der Waals surface area contributed by atoms with E-state index in [2.05, 4.69) is 176 Å². The number of dihydropyridines is 1. The van der Waals surface area contributed by atoms with E-state index >= 15 is 0 Å². The number of benzene rings is 8. The van der Waals surface area contributed by atoms with Crippen LogP contribution in [0.3, 0.4) is 0 Å². The van der Waals surface area contributed by atoms with Crippen LogP contribution in [0, 0.1) is 0 Å². The lowest BCUT2D eigenvalue weighted by Gasteiger charge is -2.26. The molecule has 1 atom stereocenters. The second-order valence-electron chi connectivity index (χ2n) is 13.7. The van der Waals surface area contributed by atoms with E-state index in [-0.39, 0.29) is 6.04 Å². The largest absolute Gasteiger partial charge is 0.378 e. The molecule has 0 fully saturated rings. The fourth-order valence-electron chi connectivity index (χ4n) is 8.09. The van der Waals surface area contributed by atoms with E-state index in [0.717, 1.165) is 22.2 Å². The van der Waals surface area contributed by atoms with Crippen LogP contribution in [0.2, 0.25) is 0 Å². The molecule has 0 spiro atoms. The quantitative estimate of drug-likeness (QED) is 0.192. The molecule has 2 heterocycles. The number of fused-ring (bicyclic) bond motifs is 5. The van der Waals surface area contributed by atoms with Gasteiger partial charge in [0.2, 0.25) is 0 Å². The van der Waals surface area contributed by atoms with Gasteiger partial charge in [-0.05, 0) is 120 Å². The van der Waals surface area contributed by atoms with Gasteiger partial charge in [-0.1, -0.05) is 133 Å². The zero-order valence-corrected chi connectivity index (χ0v) is 28.3. The van der Waals surface area contributed by atoms with Crippen molar-refractivity contribution >= 4 is 65.3 Å². The van der Waals surface area contributed by atoms with Crippen molar-refractivity contribution in [2.45, 2.75) is 13.0 Å². The molecule has 0 saturated heterocycles. The van der Waals surface area contributed by atoms with Crippen LogP contribution in [0.15, 0.2) is 176 Å². The number of allylic oxidation sites excluding steroid dienone is 2. The number of aromatic nitrogens is 1. The van der Waals surface area contributed by atoms with Crippen LogP contribution in [-0.4, -0.2) is 11.0 Å². The number of hydrogen-bond donors (Lipinski definition) is 1. The van der Waals surface area contributed by atoms with Crippen LogP contribution >= 0.6 is 0 Å². The van der Waals surface area contributed by atoms with Gasteiger partial charge in [-0.2, -0.15) is 0 Å². The highest BCUT2D eigenvalue weighted by molar-refractivity contribution is 6.22. The van der Waals surface area contributed by atoms with Gasteiger partial charge in [0.05, 0.1) is 5.52 Å². The van der Waals surface area contributed by atoms with Crippen molar-refractivity contribution in [1.82, 2.24) is 10.3 Å². The van der Waals surface area contributed by atoms with Gasteiger partial charge >= 0.3 is 0 Å². The molecule has 1 aromatic heterocycles. The van der Waals surface area contributed by atoms with Crippen molar-refractivity contribution in [1.29, 1.82) is 0 Å². The molecule has 1 N–H and O–H groups in total. The van der Waals surface area contributed by atoms with Crippen molar-refractivity contribution in [3.8, 4) is 22.3 Å². The Morgan fingerprint density at radius 2 is 0.961 bits per heavy atom. The van der Waals surface area contributed by atoms with Crippen LogP contribution in [0.1, 0.15) is 18.1 Å². The highest BCUT2D eigenvalue weighted by Crippen LogP contribution is 2.45.